The fourth-order valence-corrected chi connectivity index (χ4v) is 5.03. The molecule has 176 valence electrons. The lowest BCUT2D eigenvalue weighted by Crippen LogP contribution is -2.38. The number of halogens is 1. The Hall–Kier alpha value is -3.10. The van der Waals surface area contributed by atoms with Crippen molar-refractivity contribution in [3.8, 4) is 0 Å². The lowest BCUT2D eigenvalue weighted by molar-refractivity contribution is -0.143. The predicted octanol–water partition coefficient (Wildman–Crippen LogP) is 4.97. The van der Waals surface area contributed by atoms with E-state index in [9.17, 15) is 9.59 Å². The summed E-state index contributed by atoms with van der Waals surface area (Å²) >= 11 is 8.01. The van der Waals surface area contributed by atoms with Gasteiger partial charge in [0.15, 0.2) is 5.17 Å². The number of carbonyl (C=O) groups is 2. The summed E-state index contributed by atoms with van der Waals surface area (Å²) in [4.78, 5) is 36.6. The van der Waals surface area contributed by atoms with Crippen LogP contribution in [0.5, 0.6) is 0 Å². The summed E-state index contributed by atoms with van der Waals surface area (Å²) < 4.78 is 5.56. The number of amidine groups is 1. The van der Waals surface area contributed by atoms with Crippen LogP contribution in [0.4, 0.5) is 0 Å². The molecule has 0 aliphatic carbocycles. The number of pyridine rings is 1. The third-order valence-corrected chi connectivity index (χ3v) is 6.55. The molecule has 2 aromatic rings. The Kier molecular flexibility index (Phi) is 7.38. The molecule has 0 radical (unpaired) electrons. The van der Waals surface area contributed by atoms with Gasteiger partial charge in [0, 0.05) is 29.7 Å². The fourth-order valence-electron chi connectivity index (χ4n) is 3.83. The Morgan fingerprint density at radius 1 is 1.24 bits per heavy atom. The first-order valence-corrected chi connectivity index (χ1v) is 12.2. The fraction of sp³-hybridized carbons (Fsp3) is 0.280. The van der Waals surface area contributed by atoms with Crippen molar-refractivity contribution < 1.29 is 14.3 Å². The summed E-state index contributed by atoms with van der Waals surface area (Å²) in [6, 6.07) is 10.6. The van der Waals surface area contributed by atoms with Gasteiger partial charge in [0.1, 0.15) is 0 Å². The average Bonchev–Trinajstić information content (AvgIpc) is 3.19. The lowest BCUT2D eigenvalue weighted by atomic mass is 9.93. The Bertz CT molecular complexity index is 1190. The van der Waals surface area contributed by atoms with Crippen LogP contribution in [0.15, 0.2) is 76.2 Å². The number of carbonyl (C=O) groups excluding carboxylic acids is 2. The SMILES string of the molecule is CC1=C(C(=O)OC(C)C)[C@@H](c2ccccc2Cl)N2C(CC(=O)NCc3cccnc3)=CSC2=N1. The molecule has 0 fully saturated rings. The van der Waals surface area contributed by atoms with E-state index in [1.807, 2.05) is 40.6 Å². The van der Waals surface area contributed by atoms with Crippen LogP contribution in [0, 0.1) is 0 Å². The van der Waals surface area contributed by atoms with E-state index in [2.05, 4.69) is 15.3 Å². The number of hydrogen-bond acceptors (Lipinski definition) is 7. The van der Waals surface area contributed by atoms with Gasteiger partial charge in [0.2, 0.25) is 5.91 Å². The number of esters is 1. The average molecular weight is 497 g/mol. The van der Waals surface area contributed by atoms with Gasteiger partial charge < -0.3 is 15.0 Å². The van der Waals surface area contributed by atoms with Crippen molar-refractivity contribution in [1.82, 2.24) is 15.2 Å². The summed E-state index contributed by atoms with van der Waals surface area (Å²) in [5.41, 5.74) is 3.38. The quantitative estimate of drug-likeness (QED) is 0.545. The van der Waals surface area contributed by atoms with Crippen LogP contribution in [0.1, 0.15) is 44.4 Å². The molecule has 1 aromatic carbocycles. The maximum Gasteiger partial charge on any atom is 0.338 e. The van der Waals surface area contributed by atoms with Gasteiger partial charge in [-0.3, -0.25) is 9.78 Å². The molecule has 1 aromatic heterocycles. The molecule has 1 amide bonds. The van der Waals surface area contributed by atoms with Crippen LogP contribution >= 0.6 is 23.4 Å². The molecule has 2 aliphatic rings. The Morgan fingerprint density at radius 2 is 2.03 bits per heavy atom. The number of allylic oxidation sites excluding steroid dienone is 1. The largest absolute Gasteiger partial charge is 0.459 e. The van der Waals surface area contributed by atoms with E-state index in [0.717, 1.165) is 16.8 Å². The molecular weight excluding hydrogens is 472 g/mol. The van der Waals surface area contributed by atoms with Crippen LogP contribution in [-0.4, -0.2) is 33.0 Å². The highest BCUT2D eigenvalue weighted by Gasteiger charge is 2.42. The standard InChI is InChI=1S/C25H25ClN4O3S/c1-15(2)33-24(32)22-16(3)29-25-30(23(22)19-8-4-5-9-20(19)26)18(14-34-25)11-21(31)28-13-17-7-6-10-27-12-17/h4-10,12,14-15,23H,11,13H2,1-3H3,(H,28,31)/t23-/m1/s1. The molecule has 0 bridgehead atoms. The number of ether oxygens (including phenoxy) is 1. The van der Waals surface area contributed by atoms with Gasteiger partial charge in [-0.1, -0.05) is 47.6 Å². The third kappa shape index (κ3) is 5.18. The van der Waals surface area contributed by atoms with E-state index in [0.29, 0.717) is 28.0 Å². The number of nitrogens with one attached hydrogen (secondary N) is 1. The third-order valence-electron chi connectivity index (χ3n) is 5.32. The Morgan fingerprint density at radius 3 is 2.74 bits per heavy atom. The lowest BCUT2D eigenvalue weighted by Gasteiger charge is -2.36. The maximum absolute atomic E-state index is 13.2. The second-order valence-electron chi connectivity index (χ2n) is 8.18. The van der Waals surface area contributed by atoms with Gasteiger partial charge in [-0.15, -0.1) is 0 Å². The minimum atomic E-state index is -0.556. The minimum absolute atomic E-state index is 0.124. The summed E-state index contributed by atoms with van der Waals surface area (Å²) in [5.74, 6) is -0.593. The van der Waals surface area contributed by atoms with Crippen molar-refractivity contribution in [2.45, 2.75) is 45.9 Å². The first-order valence-electron chi connectivity index (χ1n) is 10.9. The molecule has 0 saturated carbocycles. The van der Waals surface area contributed by atoms with E-state index in [4.69, 9.17) is 16.3 Å². The van der Waals surface area contributed by atoms with Crippen molar-refractivity contribution in [2.75, 3.05) is 0 Å². The van der Waals surface area contributed by atoms with Crippen LogP contribution < -0.4 is 5.32 Å². The van der Waals surface area contributed by atoms with Gasteiger partial charge in [-0.25, -0.2) is 9.79 Å². The number of amides is 1. The smallest absolute Gasteiger partial charge is 0.338 e. The van der Waals surface area contributed by atoms with Crippen LogP contribution in [0.2, 0.25) is 5.02 Å². The van der Waals surface area contributed by atoms with Crippen molar-refractivity contribution in [2.24, 2.45) is 4.99 Å². The number of aromatic nitrogens is 1. The van der Waals surface area contributed by atoms with Gasteiger partial charge in [0.25, 0.3) is 0 Å². The topological polar surface area (TPSA) is 83.9 Å². The van der Waals surface area contributed by atoms with Gasteiger partial charge >= 0.3 is 5.97 Å². The number of aliphatic imine (C=N–C) groups is 1. The van der Waals surface area contributed by atoms with E-state index in [-0.39, 0.29) is 18.4 Å². The molecule has 0 saturated heterocycles. The van der Waals surface area contributed by atoms with E-state index < -0.39 is 12.0 Å². The molecule has 0 spiro atoms. The number of hydrogen-bond donors (Lipinski definition) is 1. The van der Waals surface area contributed by atoms with E-state index >= 15 is 0 Å². The molecular formula is C25H25ClN4O3S. The highest BCUT2D eigenvalue weighted by Crippen LogP contribution is 2.46. The van der Waals surface area contributed by atoms with E-state index in [1.165, 1.54) is 11.8 Å². The Labute approximate surface area is 207 Å². The van der Waals surface area contributed by atoms with Crippen molar-refractivity contribution >= 4 is 40.4 Å². The molecule has 9 heteroatoms. The minimum Gasteiger partial charge on any atom is -0.459 e. The number of thioether (sulfide) groups is 1. The summed E-state index contributed by atoms with van der Waals surface area (Å²) in [6.45, 7) is 5.79. The molecule has 2 aliphatic heterocycles. The molecule has 3 heterocycles. The summed E-state index contributed by atoms with van der Waals surface area (Å²) in [6.07, 6.45) is 3.24. The first kappa shape index (κ1) is 24.0. The highest BCUT2D eigenvalue weighted by atomic mass is 35.5. The monoisotopic (exact) mass is 496 g/mol. The zero-order chi connectivity index (χ0) is 24.2. The van der Waals surface area contributed by atoms with Crippen molar-refractivity contribution in [3.63, 3.8) is 0 Å². The number of fused-ring (bicyclic) bond motifs is 1. The second kappa shape index (κ2) is 10.4. The molecule has 34 heavy (non-hydrogen) atoms. The van der Waals surface area contributed by atoms with Crippen LogP contribution in [-0.2, 0) is 20.9 Å². The van der Waals surface area contributed by atoms with Gasteiger partial charge in [0.05, 0.1) is 29.8 Å². The first-order chi connectivity index (χ1) is 16.3. The van der Waals surface area contributed by atoms with Gasteiger partial charge in [-0.05, 0) is 49.4 Å². The molecule has 7 nitrogen and oxygen atoms in total. The second-order valence-corrected chi connectivity index (χ2v) is 9.43. The molecule has 0 unspecified atom stereocenters. The Balaban J connectivity index is 1.63. The summed E-state index contributed by atoms with van der Waals surface area (Å²) in [7, 11) is 0. The van der Waals surface area contributed by atoms with Gasteiger partial charge in [-0.2, -0.15) is 0 Å². The zero-order valence-electron chi connectivity index (χ0n) is 19.1. The van der Waals surface area contributed by atoms with Crippen molar-refractivity contribution in [1.29, 1.82) is 0 Å². The number of nitrogens with zero attached hydrogens (tertiary/aromatic N) is 3. The molecule has 1 N–H and O–H groups in total. The number of rotatable bonds is 7. The molecule has 1 atom stereocenters. The highest BCUT2D eigenvalue weighted by molar-refractivity contribution is 8.16. The van der Waals surface area contributed by atoms with Crippen LogP contribution in [0.25, 0.3) is 0 Å². The summed E-state index contributed by atoms with van der Waals surface area (Å²) in [5, 5.41) is 6.05. The zero-order valence-corrected chi connectivity index (χ0v) is 20.7. The normalized spacial score (nSPS) is 17.3. The number of benzene rings is 1. The predicted molar refractivity (Wildman–Crippen MR) is 134 cm³/mol. The van der Waals surface area contributed by atoms with Crippen molar-refractivity contribution in [3.05, 3.63) is 87.3 Å². The molecule has 4 rings (SSSR count). The maximum atomic E-state index is 13.2. The van der Waals surface area contributed by atoms with Crippen LogP contribution in [0.3, 0.4) is 0 Å². The van der Waals surface area contributed by atoms with E-state index in [1.54, 1.807) is 39.2 Å².